The SMILES string of the molecule is COc1ccc(Cl)cc1CC(=O)N1CC(OC)CC1CC(=O)O. The number of nitrogens with zero attached hydrogens (tertiary/aromatic N) is 1. The highest BCUT2D eigenvalue weighted by molar-refractivity contribution is 6.30. The van der Waals surface area contributed by atoms with Crippen LogP contribution >= 0.6 is 11.6 Å². The van der Waals surface area contributed by atoms with Gasteiger partial charge in [0.2, 0.25) is 5.91 Å². The van der Waals surface area contributed by atoms with Gasteiger partial charge in [0.05, 0.1) is 26.1 Å². The highest BCUT2D eigenvalue weighted by atomic mass is 35.5. The minimum Gasteiger partial charge on any atom is -0.496 e. The molecule has 1 aliphatic heterocycles. The maximum atomic E-state index is 12.6. The van der Waals surface area contributed by atoms with Crippen LogP contribution in [0.5, 0.6) is 5.75 Å². The number of halogens is 1. The summed E-state index contributed by atoms with van der Waals surface area (Å²) in [7, 11) is 3.09. The summed E-state index contributed by atoms with van der Waals surface area (Å²) in [5.41, 5.74) is 0.681. The summed E-state index contributed by atoms with van der Waals surface area (Å²) in [6.45, 7) is 0.399. The van der Waals surface area contributed by atoms with E-state index in [9.17, 15) is 9.59 Å². The maximum absolute atomic E-state index is 12.6. The quantitative estimate of drug-likeness (QED) is 0.856. The minimum atomic E-state index is -0.926. The van der Waals surface area contributed by atoms with Gasteiger partial charge in [-0.2, -0.15) is 0 Å². The van der Waals surface area contributed by atoms with Gasteiger partial charge in [0.1, 0.15) is 5.75 Å². The van der Waals surface area contributed by atoms with Crippen LogP contribution < -0.4 is 4.74 Å². The van der Waals surface area contributed by atoms with Crippen LogP contribution in [-0.2, 0) is 20.7 Å². The van der Waals surface area contributed by atoms with Crippen LogP contribution in [0.3, 0.4) is 0 Å². The molecule has 1 saturated heterocycles. The molecule has 0 aromatic heterocycles. The third kappa shape index (κ3) is 4.36. The molecule has 1 aromatic carbocycles. The number of aliphatic carboxylic acids is 1. The number of likely N-dealkylation sites (tertiary alicyclic amines) is 1. The van der Waals surface area contributed by atoms with Gasteiger partial charge in [-0.3, -0.25) is 9.59 Å². The van der Waals surface area contributed by atoms with Gasteiger partial charge in [0.25, 0.3) is 0 Å². The molecule has 0 bridgehead atoms. The van der Waals surface area contributed by atoms with E-state index >= 15 is 0 Å². The standard InChI is InChI=1S/C16H20ClNO5/c1-22-13-7-12(8-16(20)21)18(9-13)15(19)6-10-5-11(17)3-4-14(10)23-2/h3-5,12-13H,6-9H2,1-2H3,(H,20,21). The molecule has 1 aliphatic rings. The number of methoxy groups -OCH3 is 2. The van der Waals surface area contributed by atoms with Crippen molar-refractivity contribution < 1.29 is 24.2 Å². The van der Waals surface area contributed by atoms with E-state index in [0.29, 0.717) is 29.3 Å². The maximum Gasteiger partial charge on any atom is 0.305 e. The van der Waals surface area contributed by atoms with E-state index in [4.69, 9.17) is 26.2 Å². The van der Waals surface area contributed by atoms with E-state index in [2.05, 4.69) is 0 Å². The van der Waals surface area contributed by atoms with Gasteiger partial charge >= 0.3 is 5.97 Å². The molecule has 2 atom stereocenters. The summed E-state index contributed by atoms with van der Waals surface area (Å²) in [6, 6.07) is 4.74. The van der Waals surface area contributed by atoms with E-state index in [1.54, 1.807) is 30.2 Å². The second-order valence-electron chi connectivity index (χ2n) is 5.52. The second-order valence-corrected chi connectivity index (χ2v) is 5.96. The summed E-state index contributed by atoms with van der Waals surface area (Å²) in [4.78, 5) is 25.2. The van der Waals surface area contributed by atoms with Gasteiger partial charge in [-0.15, -0.1) is 0 Å². The molecule has 0 spiro atoms. The monoisotopic (exact) mass is 341 g/mol. The van der Waals surface area contributed by atoms with Crippen molar-refractivity contribution in [2.45, 2.75) is 31.4 Å². The number of benzene rings is 1. The molecule has 1 heterocycles. The van der Waals surface area contributed by atoms with Crippen molar-refractivity contribution in [3.05, 3.63) is 28.8 Å². The van der Waals surface area contributed by atoms with Crippen molar-refractivity contribution in [2.24, 2.45) is 0 Å². The second kappa shape index (κ2) is 7.66. The van der Waals surface area contributed by atoms with E-state index in [1.807, 2.05) is 0 Å². The molecule has 0 aliphatic carbocycles. The molecular weight excluding hydrogens is 322 g/mol. The number of carbonyl (C=O) groups is 2. The van der Waals surface area contributed by atoms with E-state index in [1.165, 1.54) is 7.11 Å². The van der Waals surface area contributed by atoms with E-state index < -0.39 is 5.97 Å². The van der Waals surface area contributed by atoms with Crippen molar-refractivity contribution in [1.82, 2.24) is 4.90 Å². The number of carbonyl (C=O) groups excluding carboxylic acids is 1. The Labute approximate surface area is 139 Å². The Bertz CT molecular complexity index is 592. The summed E-state index contributed by atoms with van der Waals surface area (Å²) in [5.74, 6) is -0.499. The van der Waals surface area contributed by atoms with Crippen LogP contribution in [0.4, 0.5) is 0 Å². The molecule has 6 nitrogen and oxygen atoms in total. The van der Waals surface area contributed by atoms with Crippen molar-refractivity contribution in [1.29, 1.82) is 0 Å². The first-order chi connectivity index (χ1) is 10.9. The minimum absolute atomic E-state index is 0.0850. The molecule has 1 N–H and O–H groups in total. The lowest BCUT2D eigenvalue weighted by Gasteiger charge is -2.23. The Morgan fingerprint density at radius 3 is 2.74 bits per heavy atom. The number of amides is 1. The lowest BCUT2D eigenvalue weighted by atomic mass is 10.1. The average Bonchev–Trinajstić information content (AvgIpc) is 2.90. The molecule has 126 valence electrons. The molecule has 1 fully saturated rings. The summed E-state index contributed by atoms with van der Waals surface area (Å²) < 4.78 is 10.5. The molecular formula is C16H20ClNO5. The van der Waals surface area contributed by atoms with Crippen LogP contribution in [0.25, 0.3) is 0 Å². The van der Waals surface area contributed by atoms with Crippen LogP contribution in [0, 0.1) is 0 Å². The lowest BCUT2D eigenvalue weighted by Crippen LogP contribution is -2.38. The Morgan fingerprint density at radius 2 is 2.13 bits per heavy atom. The Balaban J connectivity index is 2.15. The highest BCUT2D eigenvalue weighted by Crippen LogP contribution is 2.27. The Hall–Kier alpha value is -1.79. The number of hydrogen-bond acceptors (Lipinski definition) is 4. The summed E-state index contributed by atoms with van der Waals surface area (Å²) in [5, 5.41) is 9.54. The smallest absolute Gasteiger partial charge is 0.305 e. The van der Waals surface area contributed by atoms with E-state index in [-0.39, 0.29) is 30.9 Å². The average molecular weight is 342 g/mol. The molecule has 0 saturated carbocycles. The van der Waals surface area contributed by atoms with Gasteiger partial charge in [0.15, 0.2) is 0 Å². The fourth-order valence-electron chi connectivity index (χ4n) is 2.89. The van der Waals surface area contributed by atoms with Gasteiger partial charge in [0, 0.05) is 30.3 Å². The zero-order valence-corrected chi connectivity index (χ0v) is 13.9. The molecule has 2 unspecified atom stereocenters. The van der Waals surface area contributed by atoms with E-state index in [0.717, 1.165) is 0 Å². The number of carboxylic acids is 1. The van der Waals surface area contributed by atoms with Crippen LogP contribution in [-0.4, -0.2) is 54.8 Å². The van der Waals surface area contributed by atoms with Crippen LogP contribution in [0.15, 0.2) is 18.2 Å². The number of carboxylic acid groups (broad SMARTS) is 1. The van der Waals surface area contributed by atoms with Crippen molar-refractivity contribution >= 4 is 23.5 Å². The predicted molar refractivity (Wildman–Crippen MR) is 84.9 cm³/mol. The molecule has 23 heavy (non-hydrogen) atoms. The Kier molecular flexibility index (Phi) is 5.85. The fourth-order valence-corrected chi connectivity index (χ4v) is 3.09. The highest BCUT2D eigenvalue weighted by Gasteiger charge is 2.36. The normalized spacial score (nSPS) is 20.6. The third-order valence-electron chi connectivity index (χ3n) is 4.02. The summed E-state index contributed by atoms with van der Waals surface area (Å²) in [6.07, 6.45) is 0.417. The molecule has 7 heteroatoms. The molecule has 2 rings (SSSR count). The fraction of sp³-hybridized carbons (Fsp3) is 0.500. The Morgan fingerprint density at radius 1 is 1.39 bits per heavy atom. The van der Waals surface area contributed by atoms with Crippen molar-refractivity contribution in [3.8, 4) is 5.75 Å². The zero-order chi connectivity index (χ0) is 17.0. The molecule has 0 radical (unpaired) electrons. The van der Waals surface area contributed by atoms with Gasteiger partial charge in [-0.1, -0.05) is 11.6 Å². The van der Waals surface area contributed by atoms with Crippen LogP contribution in [0.2, 0.25) is 5.02 Å². The van der Waals surface area contributed by atoms with Gasteiger partial charge < -0.3 is 19.5 Å². The lowest BCUT2D eigenvalue weighted by molar-refractivity contribution is -0.139. The number of rotatable bonds is 6. The van der Waals surface area contributed by atoms with Crippen molar-refractivity contribution in [2.75, 3.05) is 20.8 Å². The molecule has 1 amide bonds. The first-order valence-corrected chi connectivity index (χ1v) is 7.68. The largest absolute Gasteiger partial charge is 0.496 e. The number of hydrogen-bond donors (Lipinski definition) is 1. The topological polar surface area (TPSA) is 76.1 Å². The van der Waals surface area contributed by atoms with Gasteiger partial charge in [-0.05, 0) is 24.6 Å². The first-order valence-electron chi connectivity index (χ1n) is 7.31. The predicted octanol–water partition coefficient (Wildman–Crippen LogP) is 1.98. The van der Waals surface area contributed by atoms with Crippen LogP contribution in [0.1, 0.15) is 18.4 Å². The summed E-state index contributed by atoms with van der Waals surface area (Å²) >= 11 is 5.98. The zero-order valence-electron chi connectivity index (χ0n) is 13.1. The van der Waals surface area contributed by atoms with Gasteiger partial charge in [-0.25, -0.2) is 0 Å². The molecule has 1 aromatic rings. The third-order valence-corrected chi connectivity index (χ3v) is 4.26. The van der Waals surface area contributed by atoms with Crippen molar-refractivity contribution in [3.63, 3.8) is 0 Å². The first kappa shape index (κ1) is 17.6. The number of ether oxygens (including phenoxy) is 2.